The molecule has 0 spiro atoms. The fraction of sp³-hybridized carbons (Fsp3) is 0.333. The lowest BCUT2D eigenvalue weighted by Gasteiger charge is -2.42. The summed E-state index contributed by atoms with van der Waals surface area (Å²) in [5, 5.41) is 9.70. The molecule has 1 aliphatic heterocycles. The van der Waals surface area contributed by atoms with Crippen LogP contribution in [-0.2, 0) is 4.79 Å². The molecule has 3 rings (SSSR count). The smallest absolute Gasteiger partial charge is 0.400 e. The van der Waals surface area contributed by atoms with Gasteiger partial charge in [0.2, 0.25) is 0 Å². The van der Waals surface area contributed by atoms with Gasteiger partial charge in [-0.3, -0.25) is 9.59 Å². The van der Waals surface area contributed by atoms with Crippen LogP contribution >= 0.6 is 27.3 Å². The Bertz CT molecular complexity index is 889. The van der Waals surface area contributed by atoms with Crippen LogP contribution in [0.2, 0.25) is 0 Å². The van der Waals surface area contributed by atoms with Gasteiger partial charge in [-0.1, -0.05) is 30.3 Å². The fourth-order valence-electron chi connectivity index (χ4n) is 3.61. The number of thiazole rings is 1. The van der Waals surface area contributed by atoms with Crippen molar-refractivity contribution in [2.75, 3.05) is 6.54 Å². The molecule has 1 aliphatic rings. The van der Waals surface area contributed by atoms with Gasteiger partial charge in [-0.15, -0.1) is 15.7 Å². The Morgan fingerprint density at radius 2 is 1.96 bits per heavy atom. The molecule has 0 bridgehead atoms. The molecular formula is C18H16BrFN2O4S. The molecule has 3 atom stereocenters. The molecule has 2 aromatic rings. The van der Waals surface area contributed by atoms with Crippen molar-refractivity contribution in [1.29, 1.82) is 0 Å². The van der Waals surface area contributed by atoms with E-state index in [1.54, 1.807) is 37.3 Å². The van der Waals surface area contributed by atoms with Gasteiger partial charge < -0.3 is 10.0 Å². The first-order valence-electron chi connectivity index (χ1n) is 8.22. The zero-order chi connectivity index (χ0) is 19.7. The van der Waals surface area contributed by atoms with E-state index in [0.717, 1.165) is 16.2 Å². The normalized spacial score (nSPS) is 22.5. The molecule has 1 unspecified atom stereocenters. The number of halogens is 2. The number of ketones is 1. The molecule has 27 heavy (non-hydrogen) atoms. The summed E-state index contributed by atoms with van der Waals surface area (Å²) >= 11 is 4.31. The van der Waals surface area contributed by atoms with Gasteiger partial charge in [-0.05, 0) is 34.8 Å². The highest BCUT2D eigenvalue weighted by Gasteiger charge is 2.48. The van der Waals surface area contributed by atoms with Crippen LogP contribution in [0.1, 0.15) is 33.3 Å². The maximum Gasteiger partial charge on any atom is 0.400 e. The van der Waals surface area contributed by atoms with Crippen molar-refractivity contribution in [2.45, 2.75) is 25.3 Å². The first kappa shape index (κ1) is 19.6. The fourth-order valence-corrected chi connectivity index (χ4v) is 5.12. The molecule has 9 heteroatoms. The van der Waals surface area contributed by atoms with E-state index in [-0.39, 0.29) is 17.8 Å². The predicted molar refractivity (Wildman–Crippen MR) is 101 cm³/mol. The van der Waals surface area contributed by atoms with Crippen LogP contribution in [-0.4, -0.2) is 45.5 Å². The number of carbonyl (C=O) groups is 3. The largest absolute Gasteiger partial charge is 0.481 e. The monoisotopic (exact) mass is 454 g/mol. The second-order valence-corrected chi connectivity index (χ2v) is 8.58. The number of amides is 1. The Labute approximate surface area is 167 Å². The molecule has 1 aromatic heterocycles. The van der Waals surface area contributed by atoms with Gasteiger partial charge in [0.05, 0.1) is 16.5 Å². The summed E-state index contributed by atoms with van der Waals surface area (Å²) in [4.78, 5) is 42.1. The molecule has 6 nitrogen and oxygen atoms in total. The summed E-state index contributed by atoms with van der Waals surface area (Å²) in [6.07, 6.45) is -1.67. The van der Waals surface area contributed by atoms with Crippen molar-refractivity contribution in [3.63, 3.8) is 0 Å². The highest BCUT2D eigenvalue weighted by atomic mass is 79.9. The lowest BCUT2D eigenvalue weighted by Crippen LogP contribution is -2.54. The lowest BCUT2D eigenvalue weighted by molar-refractivity contribution is -0.144. The summed E-state index contributed by atoms with van der Waals surface area (Å²) in [5.74, 6) is -3.34. The van der Waals surface area contributed by atoms with E-state index in [4.69, 9.17) is 0 Å². The summed E-state index contributed by atoms with van der Waals surface area (Å²) in [6, 6.07) is 7.36. The molecule has 1 amide bonds. The standard InChI is InChI=1S/C18H16BrFN2O4S/c1-9-15(27-17(19)21-9)14(23)13-12(10-5-3-2-4-6-10)11(16(24)25)7-8-22(13)18(20)26/h2-6,11-13H,7-8H2,1H3,(H,24,25)/t11-,12+,13?/m1/s1. The number of aryl methyl sites for hydroxylation is 1. The quantitative estimate of drug-likeness (QED) is 0.427. The molecule has 0 aliphatic carbocycles. The average Bonchev–Trinajstić information content (AvgIpc) is 2.98. The number of carboxylic acid groups (broad SMARTS) is 1. The predicted octanol–water partition coefficient (Wildman–Crippen LogP) is 4.05. The van der Waals surface area contributed by atoms with E-state index in [1.165, 1.54) is 0 Å². The van der Waals surface area contributed by atoms with Crippen molar-refractivity contribution >= 4 is 45.2 Å². The topological polar surface area (TPSA) is 87.6 Å². The van der Waals surface area contributed by atoms with E-state index in [2.05, 4.69) is 20.9 Å². The van der Waals surface area contributed by atoms with Gasteiger partial charge in [-0.25, -0.2) is 9.78 Å². The third kappa shape index (κ3) is 3.79. The van der Waals surface area contributed by atoms with Crippen LogP contribution in [0.5, 0.6) is 0 Å². The molecule has 0 saturated carbocycles. The Kier molecular flexibility index (Phi) is 5.71. The third-order valence-corrected chi connectivity index (χ3v) is 6.40. The van der Waals surface area contributed by atoms with E-state index < -0.39 is 35.8 Å². The number of rotatable bonds is 4. The Balaban J connectivity index is 2.14. The van der Waals surface area contributed by atoms with E-state index in [9.17, 15) is 23.9 Å². The first-order valence-corrected chi connectivity index (χ1v) is 9.83. The summed E-state index contributed by atoms with van der Waals surface area (Å²) in [6.45, 7) is 1.51. The van der Waals surface area contributed by atoms with Crippen LogP contribution in [0, 0.1) is 12.8 Å². The molecule has 1 N–H and O–H groups in total. The number of likely N-dealkylation sites (tertiary alicyclic amines) is 1. The van der Waals surface area contributed by atoms with Gasteiger partial charge >= 0.3 is 12.1 Å². The maximum atomic E-state index is 13.8. The SMILES string of the molecule is Cc1nc(Br)sc1C(=O)C1[C@@H](c2ccccc2)[C@H](C(=O)O)CCN1C(=O)F. The van der Waals surface area contributed by atoms with Gasteiger partial charge in [0, 0.05) is 12.5 Å². The average molecular weight is 455 g/mol. The highest BCUT2D eigenvalue weighted by molar-refractivity contribution is 9.11. The van der Waals surface area contributed by atoms with Crippen molar-refractivity contribution in [2.24, 2.45) is 5.92 Å². The van der Waals surface area contributed by atoms with Crippen LogP contribution in [0.25, 0.3) is 0 Å². The van der Waals surface area contributed by atoms with Crippen LogP contribution in [0.3, 0.4) is 0 Å². The summed E-state index contributed by atoms with van der Waals surface area (Å²) < 4.78 is 14.3. The number of aliphatic carboxylic acids is 1. The van der Waals surface area contributed by atoms with Gasteiger partial charge in [0.15, 0.2) is 9.70 Å². The number of nitrogens with zero attached hydrogens (tertiary/aromatic N) is 2. The van der Waals surface area contributed by atoms with Gasteiger partial charge in [0.1, 0.15) is 6.04 Å². The Morgan fingerprint density at radius 3 is 2.48 bits per heavy atom. The second-order valence-electron chi connectivity index (χ2n) is 6.31. The molecule has 2 heterocycles. The number of carboxylic acids is 1. The van der Waals surface area contributed by atoms with Crippen LogP contribution < -0.4 is 0 Å². The maximum absolute atomic E-state index is 13.8. The van der Waals surface area contributed by atoms with Crippen LogP contribution in [0.4, 0.5) is 9.18 Å². The number of hydrogen-bond acceptors (Lipinski definition) is 5. The molecule has 1 saturated heterocycles. The van der Waals surface area contributed by atoms with Crippen molar-refractivity contribution < 1.29 is 23.9 Å². The Morgan fingerprint density at radius 1 is 1.30 bits per heavy atom. The second kappa shape index (κ2) is 7.85. The summed E-state index contributed by atoms with van der Waals surface area (Å²) in [7, 11) is 0. The van der Waals surface area contributed by atoms with Crippen molar-refractivity contribution in [3.8, 4) is 0 Å². The lowest BCUT2D eigenvalue weighted by atomic mass is 9.73. The minimum Gasteiger partial charge on any atom is -0.481 e. The zero-order valence-electron chi connectivity index (χ0n) is 14.3. The Hall–Kier alpha value is -2.13. The van der Waals surface area contributed by atoms with E-state index >= 15 is 0 Å². The minimum absolute atomic E-state index is 0.0691. The summed E-state index contributed by atoms with van der Waals surface area (Å²) in [5.41, 5.74) is 1.03. The minimum atomic E-state index is -1.74. The highest BCUT2D eigenvalue weighted by Crippen LogP contribution is 2.40. The van der Waals surface area contributed by atoms with E-state index in [1.807, 2.05) is 0 Å². The first-order chi connectivity index (χ1) is 12.8. The number of hydrogen-bond donors (Lipinski definition) is 1. The van der Waals surface area contributed by atoms with Crippen LogP contribution in [0.15, 0.2) is 34.2 Å². The number of benzene rings is 1. The van der Waals surface area contributed by atoms with E-state index in [0.29, 0.717) is 15.2 Å². The van der Waals surface area contributed by atoms with Crippen molar-refractivity contribution in [1.82, 2.24) is 9.88 Å². The van der Waals surface area contributed by atoms with Gasteiger partial charge in [0.25, 0.3) is 0 Å². The molecule has 0 radical (unpaired) electrons. The number of piperidine rings is 1. The molecule has 1 fully saturated rings. The third-order valence-electron chi connectivity index (χ3n) is 4.78. The molecular weight excluding hydrogens is 439 g/mol. The van der Waals surface area contributed by atoms with Crippen molar-refractivity contribution in [3.05, 3.63) is 50.4 Å². The molecule has 1 aromatic carbocycles. The van der Waals surface area contributed by atoms with Gasteiger partial charge in [-0.2, -0.15) is 0 Å². The molecule has 142 valence electrons. The zero-order valence-corrected chi connectivity index (χ0v) is 16.7. The number of carbonyl (C=O) groups excluding carboxylic acids is 2. The number of Topliss-reactive ketones (excluding diaryl/α,β-unsaturated/α-hetero) is 1. The number of aromatic nitrogens is 1.